The molecular formula is C14H18FNO. The smallest absolute Gasteiger partial charge is 0.159 e. The van der Waals surface area contributed by atoms with E-state index in [0.717, 1.165) is 0 Å². The van der Waals surface area contributed by atoms with Gasteiger partial charge in [-0.25, -0.2) is 4.39 Å². The molecule has 3 heteroatoms. The van der Waals surface area contributed by atoms with Crippen molar-refractivity contribution in [1.82, 2.24) is 0 Å². The zero-order valence-electron chi connectivity index (χ0n) is 10.5. The van der Waals surface area contributed by atoms with Gasteiger partial charge < -0.3 is 4.90 Å². The van der Waals surface area contributed by atoms with Crippen molar-refractivity contribution in [2.24, 2.45) is 0 Å². The van der Waals surface area contributed by atoms with Gasteiger partial charge >= 0.3 is 0 Å². The standard InChI is InChI=1S/C14H18FNO/c1-5-8-16(10(2)3)14-7-6-12(11(4)17)9-13(14)15/h5-7,9-10H,1,8H2,2-4H3. The van der Waals surface area contributed by atoms with Gasteiger partial charge in [-0.1, -0.05) is 6.08 Å². The van der Waals surface area contributed by atoms with Crippen molar-refractivity contribution in [1.29, 1.82) is 0 Å². The summed E-state index contributed by atoms with van der Waals surface area (Å²) in [5.41, 5.74) is 0.901. The Morgan fingerprint density at radius 1 is 1.53 bits per heavy atom. The van der Waals surface area contributed by atoms with Crippen LogP contribution in [0.2, 0.25) is 0 Å². The number of Topliss-reactive ketones (excluding diaryl/α,β-unsaturated/α-hetero) is 1. The van der Waals surface area contributed by atoms with Gasteiger partial charge in [0.2, 0.25) is 0 Å². The first kappa shape index (κ1) is 13.4. The van der Waals surface area contributed by atoms with Crippen molar-refractivity contribution in [3.8, 4) is 0 Å². The molecule has 0 aromatic heterocycles. The van der Waals surface area contributed by atoms with Gasteiger partial charge in [-0.15, -0.1) is 6.58 Å². The van der Waals surface area contributed by atoms with Crippen LogP contribution in [-0.4, -0.2) is 18.4 Å². The van der Waals surface area contributed by atoms with Crippen LogP contribution in [0.4, 0.5) is 10.1 Å². The van der Waals surface area contributed by atoms with Gasteiger partial charge in [0, 0.05) is 18.2 Å². The third-order valence-corrected chi connectivity index (χ3v) is 2.61. The van der Waals surface area contributed by atoms with E-state index < -0.39 is 0 Å². The molecular weight excluding hydrogens is 217 g/mol. The summed E-state index contributed by atoms with van der Waals surface area (Å²) in [4.78, 5) is 13.0. The van der Waals surface area contributed by atoms with E-state index in [9.17, 15) is 9.18 Å². The number of carbonyl (C=O) groups is 1. The maximum atomic E-state index is 13.9. The van der Waals surface area contributed by atoms with E-state index in [-0.39, 0.29) is 17.6 Å². The number of hydrogen-bond acceptors (Lipinski definition) is 2. The second kappa shape index (κ2) is 5.62. The van der Waals surface area contributed by atoms with Crippen molar-refractivity contribution in [3.05, 3.63) is 42.2 Å². The minimum absolute atomic E-state index is 0.129. The molecule has 1 aromatic carbocycles. The Bertz CT molecular complexity index is 426. The summed E-state index contributed by atoms with van der Waals surface area (Å²) in [6, 6.07) is 4.76. The molecule has 17 heavy (non-hydrogen) atoms. The monoisotopic (exact) mass is 235 g/mol. The van der Waals surface area contributed by atoms with E-state index in [1.807, 2.05) is 18.7 Å². The fraction of sp³-hybridized carbons (Fsp3) is 0.357. The summed E-state index contributed by atoms with van der Waals surface area (Å²) >= 11 is 0. The predicted octanol–water partition coefficient (Wildman–Crippen LogP) is 3.43. The molecule has 0 heterocycles. The Kier molecular flexibility index (Phi) is 4.44. The largest absolute Gasteiger partial charge is 0.363 e. The summed E-state index contributed by atoms with van der Waals surface area (Å²) in [6.07, 6.45) is 1.73. The Labute approximate surface area is 102 Å². The van der Waals surface area contributed by atoms with Crippen LogP contribution < -0.4 is 4.90 Å². The molecule has 0 radical (unpaired) electrons. The maximum Gasteiger partial charge on any atom is 0.159 e. The fourth-order valence-corrected chi connectivity index (χ4v) is 1.69. The molecule has 0 bridgehead atoms. The molecule has 0 aliphatic heterocycles. The van der Waals surface area contributed by atoms with Crippen LogP contribution in [0.25, 0.3) is 0 Å². The molecule has 0 aliphatic rings. The van der Waals surface area contributed by atoms with E-state index in [1.165, 1.54) is 13.0 Å². The molecule has 92 valence electrons. The Hall–Kier alpha value is -1.64. The highest BCUT2D eigenvalue weighted by atomic mass is 19.1. The number of anilines is 1. The lowest BCUT2D eigenvalue weighted by molar-refractivity contribution is 0.101. The third-order valence-electron chi connectivity index (χ3n) is 2.61. The van der Waals surface area contributed by atoms with Crippen molar-refractivity contribution in [2.75, 3.05) is 11.4 Å². The first-order valence-corrected chi connectivity index (χ1v) is 5.65. The molecule has 0 atom stereocenters. The first-order chi connectivity index (χ1) is 7.97. The van der Waals surface area contributed by atoms with Crippen molar-refractivity contribution in [2.45, 2.75) is 26.8 Å². The van der Waals surface area contributed by atoms with Crippen LogP contribution in [0.15, 0.2) is 30.9 Å². The Morgan fingerprint density at radius 3 is 2.59 bits per heavy atom. The molecule has 0 saturated heterocycles. The highest BCUT2D eigenvalue weighted by molar-refractivity contribution is 5.94. The highest BCUT2D eigenvalue weighted by Crippen LogP contribution is 2.22. The minimum atomic E-state index is -0.367. The van der Waals surface area contributed by atoms with Gasteiger partial charge in [-0.05, 0) is 39.0 Å². The molecule has 0 saturated carbocycles. The molecule has 0 spiro atoms. The van der Waals surface area contributed by atoms with E-state index in [2.05, 4.69) is 6.58 Å². The Balaban J connectivity index is 3.12. The van der Waals surface area contributed by atoms with Crippen LogP contribution in [-0.2, 0) is 0 Å². The molecule has 2 nitrogen and oxygen atoms in total. The second-order valence-electron chi connectivity index (χ2n) is 4.26. The second-order valence-corrected chi connectivity index (χ2v) is 4.26. The average Bonchev–Trinajstić information content (AvgIpc) is 2.26. The van der Waals surface area contributed by atoms with Crippen LogP contribution in [0.1, 0.15) is 31.1 Å². The lowest BCUT2D eigenvalue weighted by Crippen LogP contribution is -2.31. The third kappa shape index (κ3) is 3.16. The number of rotatable bonds is 5. The van der Waals surface area contributed by atoms with Gasteiger partial charge in [-0.2, -0.15) is 0 Å². The summed E-state index contributed by atoms with van der Waals surface area (Å²) in [5.74, 6) is -0.497. The molecule has 0 aliphatic carbocycles. The van der Waals surface area contributed by atoms with E-state index in [4.69, 9.17) is 0 Å². The van der Waals surface area contributed by atoms with Gasteiger partial charge in [0.1, 0.15) is 5.82 Å². The van der Waals surface area contributed by atoms with Crippen LogP contribution >= 0.6 is 0 Å². The lowest BCUT2D eigenvalue weighted by atomic mass is 10.1. The molecule has 0 unspecified atom stereocenters. The fourth-order valence-electron chi connectivity index (χ4n) is 1.69. The highest BCUT2D eigenvalue weighted by Gasteiger charge is 2.14. The van der Waals surface area contributed by atoms with Crippen LogP contribution in [0.5, 0.6) is 0 Å². The molecule has 0 fully saturated rings. The number of hydrogen-bond donors (Lipinski definition) is 0. The summed E-state index contributed by atoms with van der Waals surface area (Å²) in [7, 11) is 0. The number of nitrogens with zero attached hydrogens (tertiary/aromatic N) is 1. The number of halogens is 1. The van der Waals surface area contributed by atoms with Gasteiger partial charge in [0.15, 0.2) is 5.78 Å². The predicted molar refractivity (Wildman–Crippen MR) is 69.1 cm³/mol. The topological polar surface area (TPSA) is 20.3 Å². The van der Waals surface area contributed by atoms with E-state index in [0.29, 0.717) is 17.8 Å². The average molecular weight is 235 g/mol. The van der Waals surface area contributed by atoms with Crippen LogP contribution in [0.3, 0.4) is 0 Å². The molecule has 0 amide bonds. The minimum Gasteiger partial charge on any atom is -0.363 e. The molecule has 1 rings (SSSR count). The Morgan fingerprint density at radius 2 is 2.18 bits per heavy atom. The first-order valence-electron chi connectivity index (χ1n) is 5.65. The summed E-state index contributed by atoms with van der Waals surface area (Å²) in [5, 5.41) is 0. The normalized spacial score (nSPS) is 10.4. The van der Waals surface area contributed by atoms with Gasteiger partial charge in [0.25, 0.3) is 0 Å². The van der Waals surface area contributed by atoms with Crippen molar-refractivity contribution in [3.63, 3.8) is 0 Å². The van der Waals surface area contributed by atoms with Crippen molar-refractivity contribution < 1.29 is 9.18 Å². The summed E-state index contributed by atoms with van der Waals surface area (Å²) in [6.45, 7) is 9.65. The molecule has 1 aromatic rings. The van der Waals surface area contributed by atoms with Gasteiger partial charge in [-0.3, -0.25) is 4.79 Å². The quantitative estimate of drug-likeness (QED) is 0.575. The number of ketones is 1. The van der Waals surface area contributed by atoms with Gasteiger partial charge in [0.05, 0.1) is 5.69 Å². The molecule has 0 N–H and O–H groups in total. The zero-order valence-corrected chi connectivity index (χ0v) is 10.5. The van der Waals surface area contributed by atoms with E-state index >= 15 is 0 Å². The SMILES string of the molecule is C=CCN(c1ccc(C(C)=O)cc1F)C(C)C. The number of benzene rings is 1. The number of carbonyl (C=O) groups excluding carboxylic acids is 1. The van der Waals surface area contributed by atoms with Crippen LogP contribution in [0, 0.1) is 5.82 Å². The van der Waals surface area contributed by atoms with Crippen molar-refractivity contribution >= 4 is 11.5 Å². The van der Waals surface area contributed by atoms with E-state index in [1.54, 1.807) is 18.2 Å². The zero-order chi connectivity index (χ0) is 13.0. The maximum absolute atomic E-state index is 13.9. The summed E-state index contributed by atoms with van der Waals surface area (Å²) < 4.78 is 13.9. The lowest BCUT2D eigenvalue weighted by Gasteiger charge is -2.28.